The van der Waals surface area contributed by atoms with Gasteiger partial charge in [-0.15, -0.1) is 0 Å². The topological polar surface area (TPSA) is 37.8 Å². The zero-order chi connectivity index (χ0) is 10.7. The second-order valence-corrected chi connectivity index (χ2v) is 4.10. The number of anilines is 1. The molecule has 1 aromatic heterocycles. The van der Waals surface area contributed by atoms with Crippen LogP contribution in [0.25, 0.3) is 0 Å². The molecule has 1 atom stereocenters. The molecule has 1 N–H and O–H groups in total. The molecule has 0 saturated carbocycles. The fourth-order valence-electron chi connectivity index (χ4n) is 1.90. The summed E-state index contributed by atoms with van der Waals surface area (Å²) in [6.07, 6.45) is 7.87. The van der Waals surface area contributed by atoms with Crippen LogP contribution in [0.1, 0.15) is 30.7 Å². The summed E-state index contributed by atoms with van der Waals surface area (Å²) in [6.45, 7) is 4.00. The molecule has 1 unspecified atom stereocenters. The normalized spacial score (nSPS) is 20.3. The van der Waals surface area contributed by atoms with Gasteiger partial charge in [0.15, 0.2) is 0 Å². The lowest BCUT2D eigenvalue weighted by Gasteiger charge is -2.19. The van der Waals surface area contributed by atoms with E-state index in [-0.39, 0.29) is 0 Å². The minimum absolute atomic E-state index is 0.496. The van der Waals surface area contributed by atoms with Gasteiger partial charge in [0.25, 0.3) is 0 Å². The van der Waals surface area contributed by atoms with Crippen molar-refractivity contribution in [1.82, 2.24) is 9.97 Å². The van der Waals surface area contributed by atoms with Crippen molar-refractivity contribution >= 4 is 5.95 Å². The Morgan fingerprint density at radius 3 is 2.53 bits per heavy atom. The number of rotatable bonds is 2. The molecule has 3 heteroatoms. The highest BCUT2D eigenvalue weighted by atomic mass is 15.1. The van der Waals surface area contributed by atoms with Crippen LogP contribution in [-0.4, -0.2) is 16.0 Å². The molecule has 2 rings (SSSR count). The first-order valence-corrected chi connectivity index (χ1v) is 5.48. The number of aromatic nitrogens is 2. The Morgan fingerprint density at radius 1 is 1.20 bits per heavy atom. The van der Waals surface area contributed by atoms with Gasteiger partial charge < -0.3 is 5.32 Å². The molecule has 1 heterocycles. The van der Waals surface area contributed by atoms with Crippen molar-refractivity contribution in [1.29, 1.82) is 0 Å². The minimum Gasteiger partial charge on any atom is -0.351 e. The first-order chi connectivity index (χ1) is 7.24. The summed E-state index contributed by atoms with van der Waals surface area (Å²) in [5, 5.41) is 3.39. The molecule has 80 valence electrons. The fraction of sp³-hybridized carbons (Fsp3) is 0.500. The second kappa shape index (κ2) is 4.43. The van der Waals surface area contributed by atoms with Crippen LogP contribution in [0.4, 0.5) is 5.95 Å². The summed E-state index contributed by atoms with van der Waals surface area (Å²) in [5.41, 5.74) is 2.05. The van der Waals surface area contributed by atoms with E-state index in [0.717, 1.165) is 30.2 Å². The highest BCUT2D eigenvalue weighted by Gasteiger charge is 2.10. The van der Waals surface area contributed by atoms with Crippen LogP contribution in [-0.2, 0) is 0 Å². The predicted molar refractivity (Wildman–Crippen MR) is 61.9 cm³/mol. The smallest absolute Gasteiger partial charge is 0.223 e. The maximum Gasteiger partial charge on any atom is 0.223 e. The van der Waals surface area contributed by atoms with Crippen molar-refractivity contribution < 1.29 is 0 Å². The first-order valence-electron chi connectivity index (χ1n) is 5.48. The van der Waals surface area contributed by atoms with E-state index in [9.17, 15) is 0 Å². The molecule has 0 saturated heterocycles. The maximum absolute atomic E-state index is 4.38. The van der Waals surface area contributed by atoms with E-state index in [4.69, 9.17) is 0 Å². The maximum atomic E-state index is 4.38. The Bertz CT molecular complexity index is 351. The molecule has 0 fully saturated rings. The van der Waals surface area contributed by atoms with E-state index in [0.29, 0.717) is 6.04 Å². The van der Waals surface area contributed by atoms with Gasteiger partial charge >= 0.3 is 0 Å². The lowest BCUT2D eigenvalue weighted by molar-refractivity contribution is 0.638. The zero-order valence-electron chi connectivity index (χ0n) is 9.33. The van der Waals surface area contributed by atoms with E-state index in [1.807, 2.05) is 19.9 Å². The molecule has 0 amide bonds. The average molecular weight is 203 g/mol. The lowest BCUT2D eigenvalue weighted by atomic mass is 10.0. The van der Waals surface area contributed by atoms with Gasteiger partial charge in [-0.3, -0.25) is 0 Å². The van der Waals surface area contributed by atoms with Crippen LogP contribution in [0.3, 0.4) is 0 Å². The number of aryl methyl sites for hydroxylation is 2. The Kier molecular flexibility index (Phi) is 2.99. The van der Waals surface area contributed by atoms with Gasteiger partial charge in [-0.2, -0.15) is 0 Å². The highest BCUT2D eigenvalue weighted by Crippen LogP contribution is 2.15. The monoisotopic (exact) mass is 203 g/mol. The molecule has 1 aliphatic carbocycles. The molecular weight excluding hydrogens is 186 g/mol. The van der Waals surface area contributed by atoms with Crippen molar-refractivity contribution in [3.05, 3.63) is 29.6 Å². The van der Waals surface area contributed by atoms with Crippen molar-refractivity contribution in [3.8, 4) is 0 Å². The summed E-state index contributed by atoms with van der Waals surface area (Å²) in [4.78, 5) is 8.76. The van der Waals surface area contributed by atoms with Crippen molar-refractivity contribution in [2.45, 2.75) is 39.2 Å². The van der Waals surface area contributed by atoms with Crippen molar-refractivity contribution in [3.63, 3.8) is 0 Å². The van der Waals surface area contributed by atoms with E-state index in [1.54, 1.807) is 0 Å². The van der Waals surface area contributed by atoms with Gasteiger partial charge in [-0.1, -0.05) is 12.2 Å². The van der Waals surface area contributed by atoms with Crippen molar-refractivity contribution in [2.24, 2.45) is 0 Å². The Labute approximate surface area is 90.6 Å². The molecule has 3 nitrogen and oxygen atoms in total. The molecular formula is C12H17N3. The van der Waals surface area contributed by atoms with Crippen LogP contribution >= 0.6 is 0 Å². The van der Waals surface area contributed by atoms with Crippen LogP contribution in [0.5, 0.6) is 0 Å². The Balaban J connectivity index is 2.06. The van der Waals surface area contributed by atoms with Crippen LogP contribution in [0.2, 0.25) is 0 Å². The van der Waals surface area contributed by atoms with E-state index in [1.165, 1.54) is 6.42 Å². The summed E-state index contributed by atoms with van der Waals surface area (Å²) < 4.78 is 0. The molecule has 1 aromatic rings. The molecule has 15 heavy (non-hydrogen) atoms. The SMILES string of the molecule is Cc1cc(C)nc(NC2CC=CCC2)n1. The van der Waals surface area contributed by atoms with Gasteiger partial charge in [-0.05, 0) is 39.2 Å². The zero-order valence-corrected chi connectivity index (χ0v) is 9.33. The largest absolute Gasteiger partial charge is 0.351 e. The highest BCUT2D eigenvalue weighted by molar-refractivity contribution is 5.29. The van der Waals surface area contributed by atoms with E-state index < -0.39 is 0 Å². The molecule has 0 aliphatic heterocycles. The third-order valence-corrected chi connectivity index (χ3v) is 2.58. The third-order valence-electron chi connectivity index (χ3n) is 2.58. The van der Waals surface area contributed by atoms with Gasteiger partial charge in [0.05, 0.1) is 0 Å². The number of hydrogen-bond donors (Lipinski definition) is 1. The summed E-state index contributed by atoms with van der Waals surface area (Å²) in [5.74, 6) is 0.771. The summed E-state index contributed by atoms with van der Waals surface area (Å²) in [7, 11) is 0. The van der Waals surface area contributed by atoms with E-state index in [2.05, 4.69) is 27.4 Å². The second-order valence-electron chi connectivity index (χ2n) is 4.10. The van der Waals surface area contributed by atoms with Crippen LogP contribution < -0.4 is 5.32 Å². The number of hydrogen-bond acceptors (Lipinski definition) is 3. The quantitative estimate of drug-likeness (QED) is 0.751. The summed E-state index contributed by atoms with van der Waals surface area (Å²) in [6, 6.07) is 2.49. The molecule has 1 aliphatic rings. The number of allylic oxidation sites excluding steroid dienone is 1. The number of nitrogens with one attached hydrogen (secondary N) is 1. The third kappa shape index (κ3) is 2.78. The predicted octanol–water partition coefficient (Wildman–Crippen LogP) is 2.61. The number of nitrogens with zero attached hydrogens (tertiary/aromatic N) is 2. The van der Waals surface area contributed by atoms with Gasteiger partial charge in [0.2, 0.25) is 5.95 Å². The molecule has 0 bridgehead atoms. The molecule has 0 radical (unpaired) electrons. The van der Waals surface area contributed by atoms with E-state index >= 15 is 0 Å². The Hall–Kier alpha value is -1.38. The first kappa shape index (κ1) is 10.1. The van der Waals surface area contributed by atoms with Crippen molar-refractivity contribution in [2.75, 3.05) is 5.32 Å². The van der Waals surface area contributed by atoms with Gasteiger partial charge in [-0.25, -0.2) is 9.97 Å². The lowest BCUT2D eigenvalue weighted by Crippen LogP contribution is -2.22. The molecule has 0 aromatic carbocycles. The van der Waals surface area contributed by atoms with Crippen LogP contribution in [0.15, 0.2) is 18.2 Å². The standard InChI is InChI=1S/C12H17N3/c1-9-8-10(2)14-12(13-9)15-11-6-4-3-5-7-11/h3-4,8,11H,5-7H2,1-2H3,(H,13,14,15). The Morgan fingerprint density at radius 2 is 1.93 bits per heavy atom. The van der Waals surface area contributed by atoms with Crippen LogP contribution in [0, 0.1) is 13.8 Å². The van der Waals surface area contributed by atoms with Gasteiger partial charge in [0.1, 0.15) is 0 Å². The van der Waals surface area contributed by atoms with Gasteiger partial charge in [0, 0.05) is 17.4 Å². The average Bonchev–Trinajstić information content (AvgIpc) is 2.17. The summed E-state index contributed by atoms with van der Waals surface area (Å²) >= 11 is 0. The molecule has 0 spiro atoms. The fourth-order valence-corrected chi connectivity index (χ4v) is 1.90. The minimum atomic E-state index is 0.496.